The Morgan fingerprint density at radius 2 is 2.45 bits per heavy atom. The van der Waals surface area contributed by atoms with E-state index in [2.05, 4.69) is 15.2 Å². The maximum absolute atomic E-state index is 4.99. The number of aromatic amines is 1. The Balaban J connectivity index is 2.51. The van der Waals surface area contributed by atoms with E-state index in [1.165, 1.54) is 0 Å². The molecule has 0 spiro atoms. The highest BCUT2D eigenvalue weighted by atomic mass is 32.1. The second kappa shape index (κ2) is 3.64. The van der Waals surface area contributed by atoms with Crippen molar-refractivity contribution in [3.05, 3.63) is 10.8 Å². The van der Waals surface area contributed by atoms with Gasteiger partial charge in [-0.15, -0.1) is 0 Å². The van der Waals surface area contributed by atoms with Gasteiger partial charge in [0.05, 0.1) is 12.7 Å². The Morgan fingerprint density at radius 1 is 1.73 bits per heavy atom. The second-order valence-corrected chi connectivity index (χ2v) is 3.07. The van der Waals surface area contributed by atoms with Gasteiger partial charge in [0.15, 0.2) is 0 Å². The van der Waals surface area contributed by atoms with Crippen molar-refractivity contribution < 1.29 is 0 Å². The number of nitrogens with zero attached hydrogens (tertiary/aromatic N) is 3. The summed E-state index contributed by atoms with van der Waals surface area (Å²) >= 11 is 4.99. The molecule has 0 bridgehead atoms. The Labute approximate surface area is 70.8 Å². The molecule has 0 aliphatic rings. The number of hydrogen-bond donors (Lipinski definition) is 1. The number of rotatable bonds is 3. The molecule has 0 aromatic carbocycles. The number of H-pyrrole nitrogens is 1. The molecule has 62 valence electrons. The highest BCUT2D eigenvalue weighted by Crippen LogP contribution is 1.87. The molecule has 0 aliphatic carbocycles. The maximum Gasteiger partial charge on any atom is 0.142 e. The molecule has 0 atom stereocenters. The molecule has 1 aromatic heterocycles. The molecular weight excluding hydrogens is 160 g/mol. The Hall–Kier alpha value is -0.680. The lowest BCUT2D eigenvalue weighted by Crippen LogP contribution is -2.19. The third kappa shape index (κ3) is 2.44. The zero-order chi connectivity index (χ0) is 8.27. The molecule has 11 heavy (non-hydrogen) atoms. The summed E-state index contributed by atoms with van der Waals surface area (Å²) in [7, 11) is 4.06. The zero-order valence-electron chi connectivity index (χ0n) is 6.74. The first-order valence-corrected chi connectivity index (χ1v) is 3.86. The van der Waals surface area contributed by atoms with Crippen LogP contribution in [0.25, 0.3) is 0 Å². The van der Waals surface area contributed by atoms with Gasteiger partial charge in [-0.1, -0.05) is 12.2 Å². The first-order chi connectivity index (χ1) is 5.20. The van der Waals surface area contributed by atoms with Crippen molar-refractivity contribution in [2.45, 2.75) is 6.54 Å². The molecule has 1 heterocycles. The fourth-order valence-electron chi connectivity index (χ4n) is 0.733. The Bertz CT molecular complexity index is 262. The monoisotopic (exact) mass is 172 g/mol. The predicted molar refractivity (Wildman–Crippen MR) is 46.0 cm³/mol. The minimum absolute atomic E-state index is 0.756. The van der Waals surface area contributed by atoms with Crippen LogP contribution in [-0.4, -0.2) is 40.5 Å². The largest absolute Gasteiger partial charge is 0.308 e. The molecule has 0 saturated carbocycles. The average Bonchev–Trinajstić information content (AvgIpc) is 2.31. The molecule has 1 N–H and O–H groups in total. The van der Waals surface area contributed by atoms with E-state index in [0.29, 0.717) is 0 Å². The molecule has 4 nitrogen and oxygen atoms in total. The van der Waals surface area contributed by atoms with Gasteiger partial charge in [0, 0.05) is 6.54 Å². The van der Waals surface area contributed by atoms with E-state index in [9.17, 15) is 0 Å². The van der Waals surface area contributed by atoms with Crippen LogP contribution in [0.3, 0.4) is 0 Å². The van der Waals surface area contributed by atoms with Crippen molar-refractivity contribution in [2.75, 3.05) is 20.6 Å². The van der Waals surface area contributed by atoms with Gasteiger partial charge in [-0.05, 0) is 14.1 Å². The van der Waals surface area contributed by atoms with Gasteiger partial charge in [-0.2, -0.15) is 5.10 Å². The third-order valence-electron chi connectivity index (χ3n) is 1.39. The molecule has 0 aliphatic heterocycles. The predicted octanol–water partition coefficient (Wildman–Crippen LogP) is 0.502. The number of nitrogens with one attached hydrogen (secondary N) is 1. The molecule has 1 rings (SSSR count). The van der Waals surface area contributed by atoms with Gasteiger partial charge in [0.2, 0.25) is 0 Å². The third-order valence-corrected chi connectivity index (χ3v) is 1.72. The second-order valence-electron chi connectivity index (χ2n) is 2.65. The van der Waals surface area contributed by atoms with Crippen molar-refractivity contribution in [3.8, 4) is 0 Å². The van der Waals surface area contributed by atoms with E-state index in [1.807, 2.05) is 18.8 Å². The molecule has 0 saturated heterocycles. The van der Waals surface area contributed by atoms with E-state index in [4.69, 9.17) is 12.2 Å². The molecule has 5 heteroatoms. The van der Waals surface area contributed by atoms with Gasteiger partial charge in [0.25, 0.3) is 0 Å². The smallest absolute Gasteiger partial charge is 0.142 e. The highest BCUT2D eigenvalue weighted by molar-refractivity contribution is 7.71. The van der Waals surface area contributed by atoms with E-state index >= 15 is 0 Å². The van der Waals surface area contributed by atoms with Crippen LogP contribution in [0.5, 0.6) is 0 Å². The first-order valence-electron chi connectivity index (χ1n) is 3.45. The fraction of sp³-hybridized carbons (Fsp3) is 0.667. The summed E-state index contributed by atoms with van der Waals surface area (Å²) in [5, 5.41) is 6.61. The first kappa shape index (κ1) is 8.42. The Morgan fingerprint density at radius 3 is 2.91 bits per heavy atom. The molecular formula is C6H12N4S. The summed E-state index contributed by atoms with van der Waals surface area (Å²) in [6.07, 6.45) is 1.64. The van der Waals surface area contributed by atoms with E-state index < -0.39 is 0 Å². The normalized spacial score (nSPS) is 10.8. The average molecular weight is 172 g/mol. The van der Waals surface area contributed by atoms with Crippen LogP contribution in [-0.2, 0) is 6.54 Å². The summed E-state index contributed by atoms with van der Waals surface area (Å²) in [6, 6.07) is 0. The summed E-state index contributed by atoms with van der Waals surface area (Å²) in [6.45, 7) is 1.84. The van der Waals surface area contributed by atoms with Gasteiger partial charge in [-0.25, -0.2) is 5.21 Å². The van der Waals surface area contributed by atoms with Gasteiger partial charge in [0.1, 0.15) is 4.64 Å². The van der Waals surface area contributed by atoms with Crippen molar-refractivity contribution >= 4 is 12.2 Å². The van der Waals surface area contributed by atoms with Crippen molar-refractivity contribution in [1.29, 1.82) is 0 Å². The molecule has 1 aromatic rings. The number of aromatic nitrogens is 3. The summed E-state index contributed by atoms with van der Waals surface area (Å²) in [5.74, 6) is 0. The molecule has 0 fully saturated rings. The lowest BCUT2D eigenvalue weighted by atomic mass is 10.6. The van der Waals surface area contributed by atoms with Crippen LogP contribution in [0.2, 0.25) is 0 Å². The lowest BCUT2D eigenvalue weighted by Gasteiger charge is -2.08. The standard InChI is InChI=1S/C6H12N4S/c1-9(2)3-4-10-6(11)5-7-8-10/h5,8H,3-4H2,1-2H3. The van der Waals surface area contributed by atoms with E-state index in [-0.39, 0.29) is 0 Å². The van der Waals surface area contributed by atoms with Crippen LogP contribution < -0.4 is 0 Å². The highest BCUT2D eigenvalue weighted by Gasteiger charge is 1.93. The van der Waals surface area contributed by atoms with Gasteiger partial charge < -0.3 is 4.90 Å². The SMILES string of the molecule is CN(C)CCn1[nH]ncc1=S. The van der Waals surface area contributed by atoms with E-state index in [0.717, 1.165) is 17.7 Å². The van der Waals surface area contributed by atoms with Gasteiger partial charge >= 0.3 is 0 Å². The van der Waals surface area contributed by atoms with Crippen LogP contribution in [0.4, 0.5) is 0 Å². The molecule has 0 radical (unpaired) electrons. The van der Waals surface area contributed by atoms with E-state index in [1.54, 1.807) is 6.20 Å². The number of likely N-dealkylation sites (N-methyl/N-ethyl adjacent to an activating group) is 1. The lowest BCUT2D eigenvalue weighted by molar-refractivity contribution is 0.369. The van der Waals surface area contributed by atoms with Gasteiger partial charge in [-0.3, -0.25) is 4.68 Å². The number of hydrogen-bond acceptors (Lipinski definition) is 3. The van der Waals surface area contributed by atoms with Crippen LogP contribution in [0, 0.1) is 4.64 Å². The van der Waals surface area contributed by atoms with Crippen LogP contribution in [0.1, 0.15) is 0 Å². The maximum atomic E-state index is 4.99. The summed E-state index contributed by atoms with van der Waals surface area (Å²) in [4.78, 5) is 2.10. The summed E-state index contributed by atoms with van der Waals surface area (Å²) in [5.41, 5.74) is 0. The van der Waals surface area contributed by atoms with Crippen molar-refractivity contribution in [3.63, 3.8) is 0 Å². The molecule has 0 unspecified atom stereocenters. The minimum atomic E-state index is 0.756. The topological polar surface area (TPSA) is 36.9 Å². The van der Waals surface area contributed by atoms with Crippen molar-refractivity contribution in [1.82, 2.24) is 19.9 Å². The minimum Gasteiger partial charge on any atom is -0.308 e. The van der Waals surface area contributed by atoms with Crippen molar-refractivity contribution in [2.24, 2.45) is 0 Å². The fourth-order valence-corrected chi connectivity index (χ4v) is 0.918. The van der Waals surface area contributed by atoms with Crippen LogP contribution in [0.15, 0.2) is 6.20 Å². The Kier molecular flexibility index (Phi) is 2.78. The molecule has 0 amide bonds. The quantitative estimate of drug-likeness (QED) is 0.675. The zero-order valence-corrected chi connectivity index (χ0v) is 7.56. The van der Waals surface area contributed by atoms with Crippen LogP contribution >= 0.6 is 12.2 Å². The summed E-state index contributed by atoms with van der Waals surface area (Å²) < 4.78 is 2.60.